The summed E-state index contributed by atoms with van der Waals surface area (Å²) in [6.45, 7) is 2.08. The molecule has 0 N–H and O–H groups in total. The number of thiazole rings is 1. The van der Waals surface area contributed by atoms with Crippen LogP contribution in [0.1, 0.15) is 4.88 Å². The molecule has 0 spiro atoms. The van der Waals surface area contributed by atoms with Gasteiger partial charge in [-0.3, -0.25) is 0 Å². The zero-order valence-corrected chi connectivity index (χ0v) is 8.12. The molecule has 0 aliphatic rings. The molecule has 1 aromatic rings. The summed E-state index contributed by atoms with van der Waals surface area (Å²) < 4.78 is 1.28. The summed E-state index contributed by atoms with van der Waals surface area (Å²) in [5, 5.41) is 0. The Hall–Kier alpha value is 0.429. The molecule has 2 radical (unpaired) electrons. The van der Waals surface area contributed by atoms with Gasteiger partial charge in [0, 0.05) is 0 Å². The third-order valence-electron chi connectivity index (χ3n) is 0.639. The van der Waals surface area contributed by atoms with Gasteiger partial charge in [-0.05, 0) is 0 Å². The predicted molar refractivity (Wildman–Crippen MR) is 33.6 cm³/mol. The van der Waals surface area contributed by atoms with Crippen molar-refractivity contribution in [2.75, 3.05) is 0 Å². The first-order chi connectivity index (χ1) is 3.29. The summed E-state index contributed by atoms with van der Waals surface area (Å²) in [6.07, 6.45) is 1.92. The maximum atomic E-state index is 4.09. The van der Waals surface area contributed by atoms with Gasteiger partial charge in [0.05, 0.1) is 0 Å². The van der Waals surface area contributed by atoms with Crippen molar-refractivity contribution in [1.82, 2.24) is 4.98 Å². The first-order valence-corrected chi connectivity index (χ1v) is 4.43. The van der Waals surface area contributed by atoms with E-state index in [4.69, 9.17) is 0 Å². The Morgan fingerprint density at radius 1 is 1.86 bits per heavy atom. The van der Waals surface area contributed by atoms with Crippen LogP contribution < -0.4 is 3.02 Å². The molecule has 0 aliphatic carbocycles. The molecule has 0 saturated carbocycles. The topological polar surface area (TPSA) is 12.9 Å². The van der Waals surface area contributed by atoms with Crippen molar-refractivity contribution in [2.24, 2.45) is 0 Å². The van der Waals surface area contributed by atoms with E-state index in [1.54, 1.807) is 11.3 Å². The number of rotatable bonds is 0. The van der Waals surface area contributed by atoms with Gasteiger partial charge < -0.3 is 0 Å². The quantitative estimate of drug-likeness (QED) is 0.557. The van der Waals surface area contributed by atoms with Gasteiger partial charge in [0.1, 0.15) is 0 Å². The fourth-order valence-corrected chi connectivity index (χ4v) is 2.72. The van der Waals surface area contributed by atoms with Gasteiger partial charge in [-0.15, -0.1) is 0 Å². The summed E-state index contributed by atoms with van der Waals surface area (Å²) in [7, 11) is 0. The zero-order valence-electron chi connectivity index (χ0n) is 4.01. The van der Waals surface area contributed by atoms with E-state index in [2.05, 4.69) is 11.9 Å². The normalized spacial score (nSPS) is 9.43. The van der Waals surface area contributed by atoms with Crippen molar-refractivity contribution < 1.29 is 0 Å². The first-order valence-electron chi connectivity index (χ1n) is 1.97. The summed E-state index contributed by atoms with van der Waals surface area (Å²) in [5.74, 6) is 0. The molecule has 0 amide bonds. The van der Waals surface area contributed by atoms with E-state index in [1.807, 2.05) is 6.20 Å². The molecule has 0 saturated heterocycles. The van der Waals surface area contributed by atoms with Crippen LogP contribution in [0.25, 0.3) is 0 Å². The second-order valence-corrected chi connectivity index (χ2v) is 5.33. The average Bonchev–Trinajstić information content (AvgIpc) is 1.87. The predicted octanol–water partition coefficient (Wildman–Crippen LogP) is -0.0224. The number of aromatic nitrogens is 1. The Bertz CT molecular complexity index is 144. The molecule has 0 aromatic carbocycles. The summed E-state index contributed by atoms with van der Waals surface area (Å²) >= 11 is 2.95. The maximum absolute atomic E-state index is 4.09. The van der Waals surface area contributed by atoms with Crippen LogP contribution in [0, 0.1) is 6.92 Å². The fraction of sp³-hybridized carbons (Fsp3) is 0.250. The molecule has 1 aromatic heterocycles. The van der Waals surface area contributed by atoms with Gasteiger partial charge in [-0.2, -0.15) is 0 Å². The molecule has 0 bridgehead atoms. The molecule has 1 heterocycles. The third-order valence-corrected chi connectivity index (χ3v) is 2.82. The number of hydrogen-bond donors (Lipinski definition) is 0. The monoisotopic (exact) mass is 219 g/mol. The minimum atomic E-state index is 1.16. The van der Waals surface area contributed by atoms with E-state index in [1.165, 1.54) is 7.90 Å². The molecule has 7 heavy (non-hydrogen) atoms. The Kier molecular flexibility index (Phi) is 1.69. The van der Waals surface area contributed by atoms with E-state index in [-0.39, 0.29) is 0 Å². The molecular weight excluding hydrogens is 213 g/mol. The van der Waals surface area contributed by atoms with E-state index >= 15 is 0 Å². The van der Waals surface area contributed by atoms with Gasteiger partial charge in [-0.1, -0.05) is 0 Å². The van der Waals surface area contributed by atoms with Gasteiger partial charge in [0.25, 0.3) is 0 Å². The van der Waals surface area contributed by atoms with Crippen LogP contribution in [0.5, 0.6) is 0 Å². The Morgan fingerprint density at radius 3 is 2.71 bits per heavy atom. The van der Waals surface area contributed by atoms with Crippen molar-refractivity contribution in [1.29, 1.82) is 0 Å². The van der Waals surface area contributed by atoms with Crippen LogP contribution in [0.2, 0.25) is 0 Å². The van der Waals surface area contributed by atoms with Gasteiger partial charge in [0.15, 0.2) is 0 Å². The van der Waals surface area contributed by atoms with Crippen molar-refractivity contribution in [2.45, 2.75) is 6.92 Å². The Morgan fingerprint density at radius 2 is 2.57 bits per heavy atom. The Balaban J connectivity index is 3.04. The standard InChI is InChI=1S/C4H4NS.Sn.H/c1-4-2-5-3-6-4;;/h2H,1H3;;. The summed E-state index contributed by atoms with van der Waals surface area (Å²) in [5.41, 5.74) is 0. The summed E-state index contributed by atoms with van der Waals surface area (Å²) in [6, 6.07) is 0. The molecular formula is C4H5NSSn. The third kappa shape index (κ3) is 1.42. The van der Waals surface area contributed by atoms with Gasteiger partial charge in [-0.25, -0.2) is 0 Å². The molecule has 1 nitrogen and oxygen atoms in total. The van der Waals surface area contributed by atoms with E-state index in [0.29, 0.717) is 0 Å². The molecule has 0 aliphatic heterocycles. The number of aryl methyl sites for hydroxylation is 1. The molecule has 0 fully saturated rings. The number of nitrogens with zero attached hydrogens (tertiary/aromatic N) is 1. The van der Waals surface area contributed by atoms with Crippen molar-refractivity contribution in [3.8, 4) is 0 Å². The molecule has 0 atom stereocenters. The van der Waals surface area contributed by atoms with Crippen LogP contribution >= 0.6 is 11.3 Å². The molecule has 1 rings (SSSR count). The van der Waals surface area contributed by atoms with E-state index in [9.17, 15) is 0 Å². The van der Waals surface area contributed by atoms with Crippen LogP contribution in [-0.4, -0.2) is 27.5 Å². The first kappa shape index (κ1) is 5.56. The average molecular weight is 218 g/mol. The fourth-order valence-electron chi connectivity index (χ4n) is 0.372. The van der Waals surface area contributed by atoms with E-state index < -0.39 is 0 Å². The number of hydrogen-bond acceptors (Lipinski definition) is 2. The van der Waals surface area contributed by atoms with Crippen LogP contribution in [0.4, 0.5) is 0 Å². The van der Waals surface area contributed by atoms with Crippen LogP contribution in [0.15, 0.2) is 6.20 Å². The zero-order chi connectivity index (χ0) is 5.28. The minimum absolute atomic E-state index is 1.16. The van der Waals surface area contributed by atoms with Crippen molar-refractivity contribution >= 4 is 36.9 Å². The second-order valence-electron chi connectivity index (χ2n) is 1.31. The van der Waals surface area contributed by atoms with Crippen LogP contribution in [-0.2, 0) is 0 Å². The van der Waals surface area contributed by atoms with Gasteiger partial charge >= 0.3 is 59.9 Å². The van der Waals surface area contributed by atoms with E-state index in [0.717, 1.165) is 22.5 Å². The van der Waals surface area contributed by atoms with Crippen molar-refractivity contribution in [3.05, 3.63) is 11.1 Å². The molecule has 0 unspecified atom stereocenters. The van der Waals surface area contributed by atoms with Crippen molar-refractivity contribution in [3.63, 3.8) is 0 Å². The summed E-state index contributed by atoms with van der Waals surface area (Å²) in [4.78, 5) is 5.41. The Labute approximate surface area is 59.9 Å². The SMILES string of the molecule is Cc1cn[c]([SnH])s1. The molecule has 36 valence electrons. The molecule has 3 heteroatoms. The van der Waals surface area contributed by atoms with Crippen LogP contribution in [0.3, 0.4) is 0 Å². The second kappa shape index (κ2) is 2.13. The van der Waals surface area contributed by atoms with Gasteiger partial charge in [0.2, 0.25) is 0 Å².